The van der Waals surface area contributed by atoms with Crippen LogP contribution in [0.3, 0.4) is 0 Å². The second kappa shape index (κ2) is 13.7. The van der Waals surface area contributed by atoms with E-state index in [9.17, 15) is 4.79 Å². The normalized spacial score (nSPS) is 15.2. The summed E-state index contributed by atoms with van der Waals surface area (Å²) in [7, 11) is 0. The summed E-state index contributed by atoms with van der Waals surface area (Å²) in [6.07, 6.45) is 2.56. The van der Waals surface area contributed by atoms with Gasteiger partial charge in [0.15, 0.2) is 5.96 Å². The van der Waals surface area contributed by atoms with Crippen LogP contribution >= 0.6 is 35.3 Å². The van der Waals surface area contributed by atoms with Crippen LogP contribution in [0.25, 0.3) is 0 Å². The number of carbonyl (C=O) groups is 1. The third-order valence-electron chi connectivity index (χ3n) is 5.23. The summed E-state index contributed by atoms with van der Waals surface area (Å²) in [5.41, 5.74) is 1.76. The van der Waals surface area contributed by atoms with Crippen molar-refractivity contribution in [2.45, 2.75) is 39.3 Å². The molecule has 1 aromatic carbocycles. The minimum atomic E-state index is -0.0379. The van der Waals surface area contributed by atoms with Gasteiger partial charge in [-0.1, -0.05) is 18.2 Å². The first kappa shape index (κ1) is 25.6. The smallest absolute Gasteiger partial charge is 0.251 e. The Morgan fingerprint density at radius 1 is 1.06 bits per heavy atom. The summed E-state index contributed by atoms with van der Waals surface area (Å²) in [6, 6.07) is 12.4. The minimum absolute atomic E-state index is 0. The van der Waals surface area contributed by atoms with Crippen molar-refractivity contribution >= 4 is 47.2 Å². The lowest BCUT2D eigenvalue weighted by Gasteiger charge is -2.27. The van der Waals surface area contributed by atoms with Crippen LogP contribution in [0.5, 0.6) is 0 Å². The summed E-state index contributed by atoms with van der Waals surface area (Å²) in [5, 5.41) is 11.9. The molecule has 0 aliphatic carbocycles. The van der Waals surface area contributed by atoms with Crippen molar-refractivity contribution in [1.29, 1.82) is 0 Å². The Kier molecular flexibility index (Phi) is 11.3. The van der Waals surface area contributed by atoms with Crippen LogP contribution in [-0.2, 0) is 6.54 Å². The first-order valence-corrected chi connectivity index (χ1v) is 11.8. The van der Waals surface area contributed by atoms with Crippen LogP contribution in [-0.4, -0.2) is 49.5 Å². The molecule has 31 heavy (non-hydrogen) atoms. The maximum atomic E-state index is 11.9. The van der Waals surface area contributed by atoms with Crippen LogP contribution in [0.4, 0.5) is 0 Å². The quantitative estimate of drug-likeness (QED) is 0.249. The number of nitrogens with one attached hydrogen (secondary N) is 3. The molecule has 1 atom stereocenters. The molecule has 3 rings (SSSR count). The molecule has 3 N–H and O–H groups in total. The summed E-state index contributed by atoms with van der Waals surface area (Å²) in [5.74, 6) is 0.787. The molecule has 0 spiro atoms. The number of carbonyl (C=O) groups excluding carboxylic acids is 1. The van der Waals surface area contributed by atoms with Crippen molar-refractivity contribution in [3.05, 3.63) is 57.8 Å². The Bertz CT molecular complexity index is 804. The average molecular weight is 556 g/mol. The highest BCUT2D eigenvalue weighted by atomic mass is 127. The molecular formula is C23H34IN5OS. The lowest BCUT2D eigenvalue weighted by Crippen LogP contribution is -2.42. The van der Waals surface area contributed by atoms with Crippen molar-refractivity contribution in [2.75, 3.05) is 32.7 Å². The molecular weight excluding hydrogens is 521 g/mol. The van der Waals surface area contributed by atoms with Crippen LogP contribution in [0.15, 0.2) is 46.8 Å². The number of guanidine groups is 1. The first-order chi connectivity index (χ1) is 14.7. The van der Waals surface area contributed by atoms with Crippen LogP contribution in [0.1, 0.15) is 53.5 Å². The highest BCUT2D eigenvalue weighted by Crippen LogP contribution is 2.27. The lowest BCUT2D eigenvalue weighted by atomic mass is 10.1. The molecule has 0 radical (unpaired) electrons. The van der Waals surface area contributed by atoms with Crippen molar-refractivity contribution in [3.63, 3.8) is 0 Å². The fraction of sp³-hybridized carbons (Fsp3) is 0.478. The van der Waals surface area contributed by atoms with Gasteiger partial charge in [-0.3, -0.25) is 9.69 Å². The second-order valence-electron chi connectivity index (χ2n) is 7.41. The number of benzene rings is 1. The Morgan fingerprint density at radius 3 is 2.39 bits per heavy atom. The number of aliphatic imine (C=N–C) groups is 1. The number of nitrogens with zero attached hydrogens (tertiary/aromatic N) is 2. The van der Waals surface area contributed by atoms with E-state index in [0.29, 0.717) is 24.7 Å². The fourth-order valence-corrected chi connectivity index (χ4v) is 4.53. The summed E-state index contributed by atoms with van der Waals surface area (Å²) < 4.78 is 0. The SMILES string of the molecule is CCNC(=O)c1ccc(CN=C(NCC)NCC(c2cccs2)N2CCCC2)cc1.I. The van der Waals surface area contributed by atoms with Gasteiger partial charge in [0.2, 0.25) is 0 Å². The van der Waals surface area contributed by atoms with Gasteiger partial charge < -0.3 is 16.0 Å². The molecule has 1 aliphatic rings. The van der Waals surface area contributed by atoms with E-state index >= 15 is 0 Å². The predicted molar refractivity (Wildman–Crippen MR) is 141 cm³/mol. The van der Waals surface area contributed by atoms with E-state index < -0.39 is 0 Å². The first-order valence-electron chi connectivity index (χ1n) is 10.9. The van der Waals surface area contributed by atoms with Gasteiger partial charge in [-0.15, -0.1) is 35.3 Å². The molecule has 170 valence electrons. The van der Waals surface area contributed by atoms with E-state index in [1.54, 1.807) is 0 Å². The zero-order chi connectivity index (χ0) is 21.2. The standard InChI is InChI=1S/C23H33N5OS.HI/c1-3-24-22(29)19-11-9-18(10-12-19)16-26-23(25-4-2)27-17-20(21-8-7-15-30-21)28-13-5-6-14-28;/h7-12,15,20H,3-6,13-14,16-17H2,1-2H3,(H,24,29)(H2,25,26,27);1H. The Labute approximate surface area is 206 Å². The largest absolute Gasteiger partial charge is 0.357 e. The molecule has 0 bridgehead atoms. The van der Waals surface area contributed by atoms with E-state index in [0.717, 1.165) is 37.7 Å². The number of amides is 1. The predicted octanol–water partition coefficient (Wildman–Crippen LogP) is 4.01. The molecule has 2 heterocycles. The van der Waals surface area contributed by atoms with E-state index in [4.69, 9.17) is 4.99 Å². The minimum Gasteiger partial charge on any atom is -0.357 e. The van der Waals surface area contributed by atoms with Gasteiger partial charge in [-0.05, 0) is 68.9 Å². The van der Waals surface area contributed by atoms with Crippen molar-refractivity contribution in [1.82, 2.24) is 20.9 Å². The van der Waals surface area contributed by atoms with Gasteiger partial charge in [0.05, 0.1) is 12.6 Å². The highest BCUT2D eigenvalue weighted by Gasteiger charge is 2.24. The molecule has 1 aliphatic heterocycles. The van der Waals surface area contributed by atoms with Gasteiger partial charge in [0.25, 0.3) is 5.91 Å². The van der Waals surface area contributed by atoms with Gasteiger partial charge >= 0.3 is 0 Å². The van der Waals surface area contributed by atoms with Crippen molar-refractivity contribution in [2.24, 2.45) is 4.99 Å². The lowest BCUT2D eigenvalue weighted by molar-refractivity contribution is 0.0956. The molecule has 8 heteroatoms. The van der Waals surface area contributed by atoms with E-state index in [1.807, 2.05) is 42.5 Å². The highest BCUT2D eigenvalue weighted by molar-refractivity contribution is 14.0. The zero-order valence-corrected chi connectivity index (χ0v) is 21.5. The van der Waals surface area contributed by atoms with Gasteiger partial charge in [-0.2, -0.15) is 0 Å². The average Bonchev–Trinajstić information content (AvgIpc) is 3.47. The maximum Gasteiger partial charge on any atom is 0.251 e. The number of rotatable bonds is 9. The summed E-state index contributed by atoms with van der Waals surface area (Å²) >= 11 is 1.83. The van der Waals surface area contributed by atoms with Crippen LogP contribution in [0.2, 0.25) is 0 Å². The number of hydrogen-bond donors (Lipinski definition) is 3. The van der Waals surface area contributed by atoms with Gasteiger partial charge in [0.1, 0.15) is 0 Å². The third-order valence-corrected chi connectivity index (χ3v) is 6.21. The van der Waals surface area contributed by atoms with Gasteiger partial charge in [0, 0.05) is 30.1 Å². The molecule has 1 saturated heterocycles. The maximum absolute atomic E-state index is 11.9. The zero-order valence-electron chi connectivity index (χ0n) is 18.4. The third kappa shape index (κ3) is 7.76. The number of hydrogen-bond acceptors (Lipinski definition) is 4. The number of thiophene rings is 1. The van der Waals surface area contributed by atoms with E-state index in [1.165, 1.54) is 17.7 Å². The molecule has 6 nitrogen and oxygen atoms in total. The Balaban J connectivity index is 0.00000341. The molecule has 1 fully saturated rings. The molecule has 0 saturated carbocycles. The number of halogens is 1. The topological polar surface area (TPSA) is 68.8 Å². The van der Waals surface area contributed by atoms with E-state index in [-0.39, 0.29) is 29.9 Å². The molecule has 2 aromatic rings. The second-order valence-corrected chi connectivity index (χ2v) is 8.39. The monoisotopic (exact) mass is 555 g/mol. The van der Waals surface area contributed by atoms with Crippen molar-refractivity contribution in [3.8, 4) is 0 Å². The Hall–Kier alpha value is -1.65. The van der Waals surface area contributed by atoms with Crippen LogP contribution in [0, 0.1) is 0 Å². The fourth-order valence-electron chi connectivity index (χ4n) is 3.67. The molecule has 1 unspecified atom stereocenters. The van der Waals surface area contributed by atoms with Gasteiger partial charge in [-0.25, -0.2) is 4.99 Å². The summed E-state index contributed by atoms with van der Waals surface area (Å²) in [4.78, 5) is 20.6. The molecule has 1 amide bonds. The number of likely N-dealkylation sites (tertiary alicyclic amines) is 1. The van der Waals surface area contributed by atoms with Crippen molar-refractivity contribution < 1.29 is 4.79 Å². The van der Waals surface area contributed by atoms with Crippen LogP contribution < -0.4 is 16.0 Å². The van der Waals surface area contributed by atoms with E-state index in [2.05, 4.69) is 45.3 Å². The Morgan fingerprint density at radius 2 is 1.77 bits per heavy atom. The molecule has 1 aromatic heterocycles. The summed E-state index contributed by atoms with van der Waals surface area (Å²) in [6.45, 7) is 9.17.